The predicted octanol–water partition coefficient (Wildman–Crippen LogP) is 0.985. The number of H-pyrrole nitrogens is 1. The first-order chi connectivity index (χ1) is 9.54. The molecule has 0 aromatic carbocycles. The zero-order valence-electron chi connectivity index (χ0n) is 11.1. The van der Waals surface area contributed by atoms with Crippen molar-refractivity contribution < 1.29 is 8.42 Å². The van der Waals surface area contributed by atoms with Crippen LogP contribution in [-0.2, 0) is 29.5 Å². The fourth-order valence-corrected chi connectivity index (χ4v) is 4.92. The van der Waals surface area contributed by atoms with Crippen LogP contribution in [0.1, 0.15) is 21.7 Å². The predicted molar refractivity (Wildman–Crippen MR) is 76.8 cm³/mol. The first-order valence-electron chi connectivity index (χ1n) is 6.33. The smallest absolute Gasteiger partial charge is 0.263 e. The first kappa shape index (κ1) is 13.7. The topological polar surface area (TPSA) is 92.1 Å². The van der Waals surface area contributed by atoms with Gasteiger partial charge in [-0.05, 0) is 30.4 Å². The Kier molecular flexibility index (Phi) is 3.41. The molecule has 3 N–H and O–H groups in total. The van der Waals surface area contributed by atoms with Crippen molar-refractivity contribution in [3.63, 3.8) is 0 Å². The summed E-state index contributed by atoms with van der Waals surface area (Å²) in [5.74, 6) is 0. The van der Waals surface area contributed by atoms with Gasteiger partial charge in [-0.15, -0.1) is 11.3 Å². The van der Waals surface area contributed by atoms with Crippen LogP contribution in [-0.4, -0.2) is 29.5 Å². The van der Waals surface area contributed by atoms with E-state index < -0.39 is 10.0 Å². The Balaban J connectivity index is 1.97. The Bertz CT molecular complexity index is 732. The molecule has 1 aliphatic rings. The Labute approximate surface area is 121 Å². The number of fused-ring (bicyclic) bond motifs is 1. The van der Waals surface area contributed by atoms with Crippen molar-refractivity contribution in [2.45, 2.75) is 31.5 Å². The molecule has 0 saturated heterocycles. The van der Waals surface area contributed by atoms with E-state index in [-0.39, 0.29) is 11.6 Å². The highest BCUT2D eigenvalue weighted by Crippen LogP contribution is 2.28. The summed E-state index contributed by atoms with van der Waals surface area (Å²) in [5, 5.41) is 8.73. The van der Waals surface area contributed by atoms with Gasteiger partial charge >= 0.3 is 0 Å². The minimum absolute atomic E-state index is 0.0659. The third-order valence-corrected chi connectivity index (χ3v) is 6.44. The number of hydrogen-bond acceptors (Lipinski definition) is 5. The number of thiophene rings is 1. The molecule has 0 bridgehead atoms. The van der Waals surface area contributed by atoms with Gasteiger partial charge in [0.05, 0.1) is 0 Å². The minimum atomic E-state index is -3.59. The van der Waals surface area contributed by atoms with Crippen LogP contribution in [0.2, 0.25) is 0 Å². The van der Waals surface area contributed by atoms with E-state index in [1.807, 2.05) is 11.4 Å². The summed E-state index contributed by atoms with van der Waals surface area (Å²) in [6.45, 7) is 2.85. The number of nitrogens with two attached hydrogens (primary N) is 1. The lowest BCUT2D eigenvalue weighted by molar-refractivity contribution is 0.392. The van der Waals surface area contributed by atoms with E-state index in [0.29, 0.717) is 24.3 Å². The highest BCUT2D eigenvalue weighted by atomic mass is 32.2. The molecule has 2 aromatic heterocycles. The van der Waals surface area contributed by atoms with Gasteiger partial charge in [-0.1, -0.05) is 0 Å². The molecule has 20 heavy (non-hydrogen) atoms. The quantitative estimate of drug-likeness (QED) is 0.884. The number of aryl methyl sites for hydroxylation is 1. The molecule has 2 aromatic rings. The van der Waals surface area contributed by atoms with E-state index in [2.05, 4.69) is 10.2 Å². The Hall–Kier alpha value is -1.22. The highest BCUT2D eigenvalue weighted by molar-refractivity contribution is 7.89. The van der Waals surface area contributed by atoms with E-state index >= 15 is 0 Å². The fourth-order valence-electron chi connectivity index (χ4n) is 2.43. The van der Waals surface area contributed by atoms with Gasteiger partial charge in [0.15, 0.2) is 5.03 Å². The van der Waals surface area contributed by atoms with E-state index in [9.17, 15) is 8.42 Å². The molecule has 1 aliphatic heterocycles. The number of aromatic nitrogens is 2. The van der Waals surface area contributed by atoms with Crippen LogP contribution in [0.25, 0.3) is 0 Å². The molecule has 0 fully saturated rings. The number of aromatic amines is 1. The molecule has 0 atom stereocenters. The average molecular weight is 312 g/mol. The molecule has 0 aliphatic carbocycles. The summed E-state index contributed by atoms with van der Waals surface area (Å²) < 4.78 is 26.9. The lowest BCUT2D eigenvalue weighted by atomic mass is 10.1. The normalized spacial score (nSPS) is 16.3. The molecular weight excluding hydrogens is 296 g/mol. The van der Waals surface area contributed by atoms with Crippen molar-refractivity contribution in [2.24, 2.45) is 5.73 Å². The number of sulfonamides is 1. The van der Waals surface area contributed by atoms with Gasteiger partial charge in [0, 0.05) is 35.8 Å². The van der Waals surface area contributed by atoms with Gasteiger partial charge in [-0.3, -0.25) is 5.10 Å². The zero-order valence-corrected chi connectivity index (χ0v) is 12.7. The second-order valence-electron chi connectivity index (χ2n) is 4.79. The van der Waals surface area contributed by atoms with Crippen LogP contribution in [0.5, 0.6) is 0 Å². The lowest BCUT2D eigenvalue weighted by Gasteiger charge is -2.25. The SMILES string of the molecule is Cc1[nH]nc(S(=O)(=O)N2CCc3sccc3C2)c1CN. The number of nitrogens with zero attached hydrogens (tertiary/aromatic N) is 2. The van der Waals surface area contributed by atoms with Crippen LogP contribution >= 0.6 is 11.3 Å². The van der Waals surface area contributed by atoms with Crippen LogP contribution in [0.15, 0.2) is 16.5 Å². The highest BCUT2D eigenvalue weighted by Gasteiger charge is 2.32. The maximum absolute atomic E-state index is 12.7. The summed E-state index contributed by atoms with van der Waals surface area (Å²) in [4.78, 5) is 1.27. The zero-order chi connectivity index (χ0) is 14.3. The minimum Gasteiger partial charge on any atom is -0.326 e. The number of hydrogen-bond donors (Lipinski definition) is 2. The van der Waals surface area contributed by atoms with Crippen LogP contribution in [0, 0.1) is 6.92 Å². The molecule has 6 nitrogen and oxygen atoms in total. The first-order valence-corrected chi connectivity index (χ1v) is 8.65. The van der Waals surface area contributed by atoms with E-state index in [4.69, 9.17) is 5.73 Å². The summed E-state index contributed by atoms with van der Waals surface area (Å²) >= 11 is 1.68. The number of rotatable bonds is 3. The molecule has 0 spiro atoms. The Morgan fingerprint density at radius 2 is 2.35 bits per heavy atom. The van der Waals surface area contributed by atoms with Gasteiger partial charge in [0.1, 0.15) is 0 Å². The van der Waals surface area contributed by atoms with Crippen molar-refractivity contribution in [2.75, 3.05) is 6.54 Å². The Morgan fingerprint density at radius 3 is 3.10 bits per heavy atom. The van der Waals surface area contributed by atoms with Crippen LogP contribution in [0.4, 0.5) is 0 Å². The molecule has 3 rings (SSSR count). The maximum atomic E-state index is 12.7. The second kappa shape index (κ2) is 4.96. The summed E-state index contributed by atoms with van der Waals surface area (Å²) in [7, 11) is -3.59. The lowest BCUT2D eigenvalue weighted by Crippen LogP contribution is -2.36. The summed E-state index contributed by atoms with van der Waals surface area (Å²) in [6.07, 6.45) is 0.758. The van der Waals surface area contributed by atoms with Gasteiger partial charge < -0.3 is 5.73 Å². The average Bonchev–Trinajstić information content (AvgIpc) is 3.03. The van der Waals surface area contributed by atoms with Crippen molar-refractivity contribution in [1.82, 2.24) is 14.5 Å². The van der Waals surface area contributed by atoms with Gasteiger partial charge in [-0.25, -0.2) is 8.42 Å². The molecule has 8 heteroatoms. The monoisotopic (exact) mass is 312 g/mol. The van der Waals surface area contributed by atoms with E-state index in [0.717, 1.165) is 12.0 Å². The summed E-state index contributed by atoms with van der Waals surface area (Å²) in [5.41, 5.74) is 8.01. The molecule has 0 unspecified atom stereocenters. The maximum Gasteiger partial charge on any atom is 0.263 e. The van der Waals surface area contributed by atoms with Crippen molar-refractivity contribution in [3.8, 4) is 0 Å². The molecule has 0 amide bonds. The molecular formula is C12H16N4O2S2. The fraction of sp³-hybridized carbons (Fsp3) is 0.417. The molecule has 108 valence electrons. The van der Waals surface area contributed by atoms with E-state index in [1.165, 1.54) is 9.18 Å². The van der Waals surface area contributed by atoms with Crippen LogP contribution < -0.4 is 5.73 Å². The largest absolute Gasteiger partial charge is 0.326 e. The number of nitrogens with one attached hydrogen (secondary N) is 1. The van der Waals surface area contributed by atoms with Crippen molar-refractivity contribution in [1.29, 1.82) is 0 Å². The molecule has 0 radical (unpaired) electrons. The Morgan fingerprint density at radius 1 is 1.55 bits per heavy atom. The third-order valence-electron chi connectivity index (χ3n) is 3.60. The van der Waals surface area contributed by atoms with Gasteiger partial charge in [0.25, 0.3) is 10.0 Å². The van der Waals surface area contributed by atoms with Crippen molar-refractivity contribution in [3.05, 3.63) is 33.1 Å². The van der Waals surface area contributed by atoms with Gasteiger partial charge in [-0.2, -0.15) is 9.40 Å². The van der Waals surface area contributed by atoms with Gasteiger partial charge in [0.2, 0.25) is 0 Å². The third kappa shape index (κ3) is 2.08. The summed E-state index contributed by atoms with van der Waals surface area (Å²) in [6, 6.07) is 1.99. The molecule has 3 heterocycles. The second-order valence-corrected chi connectivity index (χ2v) is 7.65. The standard InChI is InChI=1S/C12H16N4O2S2/c1-8-10(6-13)12(15-14-8)20(17,18)16-4-2-11-9(7-16)3-5-19-11/h3,5H,2,4,6-7,13H2,1H3,(H,14,15). The van der Waals surface area contributed by atoms with Crippen molar-refractivity contribution >= 4 is 21.4 Å². The van der Waals surface area contributed by atoms with Crippen LogP contribution in [0.3, 0.4) is 0 Å². The van der Waals surface area contributed by atoms with E-state index in [1.54, 1.807) is 18.3 Å². The molecule has 0 saturated carbocycles.